The Hall–Kier alpha value is -6.68. The molecule has 0 aromatic heterocycles. The lowest BCUT2D eigenvalue weighted by Gasteiger charge is -2.43. The van der Waals surface area contributed by atoms with Gasteiger partial charge in [-0.25, -0.2) is 19.2 Å². The number of hydrogen-bond donors (Lipinski definition) is 0. The van der Waals surface area contributed by atoms with Crippen molar-refractivity contribution in [2.45, 2.75) is 37.6 Å². The number of benzene rings is 4. The Morgan fingerprint density at radius 2 is 1.08 bits per heavy atom. The van der Waals surface area contributed by atoms with Crippen molar-refractivity contribution in [3.63, 3.8) is 0 Å². The van der Waals surface area contributed by atoms with E-state index < -0.39 is 87.1 Å². The standard InChI is InChI=1S/C35H28N2O14/c1-20-27(48-31(38)21-12-6-3-7-13-21)29(49-32(39)22-14-8-4-9-15-22)30(50-33(40)23-16-10-5-11-17-23)35(47-20)51-28-25(34(41)46-2)18-24(36(42)43)19-26(28)37(44)45/h3-20,27,29-30,35H,1-2H3/t20-,27-,29+,30-,35-/m0/s1. The van der Waals surface area contributed by atoms with Gasteiger partial charge in [-0.3, -0.25) is 20.2 Å². The monoisotopic (exact) mass is 700 g/mol. The zero-order valence-electron chi connectivity index (χ0n) is 26.8. The number of carbonyl (C=O) groups excluding carboxylic acids is 4. The molecule has 1 aliphatic rings. The molecule has 0 amide bonds. The molecule has 4 aromatic carbocycles. The minimum absolute atomic E-state index is 0.0254. The molecule has 0 spiro atoms. The van der Waals surface area contributed by atoms with Gasteiger partial charge in [0.2, 0.25) is 18.1 Å². The van der Waals surface area contributed by atoms with Crippen LogP contribution in [-0.2, 0) is 23.7 Å². The van der Waals surface area contributed by atoms with Crippen molar-refractivity contribution in [1.29, 1.82) is 0 Å². The predicted molar refractivity (Wildman–Crippen MR) is 173 cm³/mol. The molecule has 0 radical (unpaired) electrons. The van der Waals surface area contributed by atoms with Gasteiger partial charge in [0.15, 0.2) is 12.2 Å². The first-order valence-corrected chi connectivity index (χ1v) is 15.1. The highest BCUT2D eigenvalue weighted by Gasteiger charge is 2.53. The Labute approximate surface area is 288 Å². The van der Waals surface area contributed by atoms with Crippen LogP contribution in [0.5, 0.6) is 5.75 Å². The minimum Gasteiger partial charge on any atom is -0.465 e. The molecule has 262 valence electrons. The van der Waals surface area contributed by atoms with Crippen molar-refractivity contribution in [1.82, 2.24) is 0 Å². The first-order chi connectivity index (χ1) is 24.5. The summed E-state index contributed by atoms with van der Waals surface area (Å²) in [6.45, 7) is 1.41. The van der Waals surface area contributed by atoms with Crippen LogP contribution in [0.15, 0.2) is 103 Å². The van der Waals surface area contributed by atoms with Crippen molar-refractivity contribution in [3.8, 4) is 5.75 Å². The molecule has 0 N–H and O–H groups in total. The molecule has 0 saturated carbocycles. The number of carbonyl (C=O) groups is 4. The fraction of sp³-hybridized carbons (Fsp3) is 0.200. The summed E-state index contributed by atoms with van der Waals surface area (Å²) < 4.78 is 34.1. The lowest BCUT2D eigenvalue weighted by Crippen LogP contribution is -2.62. The minimum atomic E-state index is -1.92. The van der Waals surface area contributed by atoms with E-state index in [0.717, 1.165) is 7.11 Å². The van der Waals surface area contributed by atoms with Gasteiger partial charge in [0.1, 0.15) is 5.56 Å². The molecule has 0 aliphatic carbocycles. The second-order valence-corrected chi connectivity index (χ2v) is 10.9. The van der Waals surface area contributed by atoms with Crippen LogP contribution in [0.3, 0.4) is 0 Å². The summed E-state index contributed by atoms with van der Waals surface area (Å²) in [5, 5.41) is 23.8. The third kappa shape index (κ3) is 8.14. The van der Waals surface area contributed by atoms with Gasteiger partial charge in [-0.2, -0.15) is 0 Å². The van der Waals surface area contributed by atoms with Gasteiger partial charge in [0.05, 0.1) is 45.8 Å². The van der Waals surface area contributed by atoms with E-state index in [-0.39, 0.29) is 16.7 Å². The Morgan fingerprint density at radius 3 is 1.51 bits per heavy atom. The van der Waals surface area contributed by atoms with Gasteiger partial charge >= 0.3 is 29.6 Å². The predicted octanol–water partition coefficient (Wildman–Crippen LogP) is 5.09. The second-order valence-electron chi connectivity index (χ2n) is 10.9. The maximum Gasteiger partial charge on any atom is 0.342 e. The molecule has 16 heteroatoms. The Balaban J connectivity index is 1.64. The smallest absolute Gasteiger partial charge is 0.342 e. The normalized spacial score (nSPS) is 19.5. The number of hydrogen-bond acceptors (Lipinski definition) is 14. The third-order valence-corrected chi connectivity index (χ3v) is 7.59. The van der Waals surface area contributed by atoms with Gasteiger partial charge in [-0.1, -0.05) is 54.6 Å². The number of rotatable bonds is 11. The van der Waals surface area contributed by atoms with Crippen molar-refractivity contribution in [2.24, 2.45) is 0 Å². The third-order valence-electron chi connectivity index (χ3n) is 7.59. The SMILES string of the molecule is COC(=O)c1cc([N+](=O)[O-])cc([N+](=O)[O-])c1O[C@@H]1O[C@@H](C)[C@H](OC(=O)c2ccccc2)[C@@H](OC(=O)c2ccccc2)[C@@H]1OC(=O)c1ccccc1. The molecule has 1 aliphatic heterocycles. The quantitative estimate of drug-likeness (QED) is 0.0864. The fourth-order valence-corrected chi connectivity index (χ4v) is 5.13. The number of nitro benzene ring substituents is 2. The summed E-state index contributed by atoms with van der Waals surface area (Å²) in [5.41, 5.74) is -2.39. The zero-order chi connectivity index (χ0) is 36.7. The summed E-state index contributed by atoms with van der Waals surface area (Å²) in [6, 6.07) is 24.3. The van der Waals surface area contributed by atoms with Crippen molar-refractivity contribution < 1.29 is 57.4 Å². The molecule has 5 rings (SSSR count). The first-order valence-electron chi connectivity index (χ1n) is 15.1. The fourth-order valence-electron chi connectivity index (χ4n) is 5.13. The van der Waals surface area contributed by atoms with Gasteiger partial charge < -0.3 is 28.4 Å². The number of nitrogens with zero attached hydrogens (tertiary/aromatic N) is 2. The van der Waals surface area contributed by atoms with Gasteiger partial charge in [-0.05, 0) is 43.3 Å². The molecule has 1 heterocycles. The number of esters is 4. The Morgan fingerprint density at radius 1 is 0.627 bits per heavy atom. The van der Waals surface area contributed by atoms with E-state index in [1.165, 1.54) is 43.3 Å². The van der Waals surface area contributed by atoms with Crippen LogP contribution < -0.4 is 4.74 Å². The number of ether oxygens (including phenoxy) is 6. The number of nitro groups is 2. The zero-order valence-corrected chi connectivity index (χ0v) is 26.8. The molecule has 0 unspecified atom stereocenters. The molecule has 0 bridgehead atoms. The average molecular weight is 701 g/mol. The molecule has 5 atom stereocenters. The van der Waals surface area contributed by atoms with Crippen LogP contribution in [0.2, 0.25) is 0 Å². The van der Waals surface area contributed by atoms with Crippen LogP contribution in [0.25, 0.3) is 0 Å². The van der Waals surface area contributed by atoms with Crippen LogP contribution in [0, 0.1) is 20.2 Å². The largest absolute Gasteiger partial charge is 0.465 e. The molecule has 4 aromatic rings. The lowest BCUT2D eigenvalue weighted by atomic mass is 9.98. The lowest BCUT2D eigenvalue weighted by molar-refractivity contribution is -0.395. The van der Waals surface area contributed by atoms with E-state index >= 15 is 0 Å². The van der Waals surface area contributed by atoms with Gasteiger partial charge in [-0.15, -0.1) is 0 Å². The molecular weight excluding hydrogens is 672 g/mol. The maximum atomic E-state index is 13.5. The van der Waals surface area contributed by atoms with Gasteiger partial charge in [0.25, 0.3) is 5.69 Å². The molecule has 51 heavy (non-hydrogen) atoms. The molecule has 1 saturated heterocycles. The summed E-state index contributed by atoms with van der Waals surface area (Å²) in [7, 11) is 0.936. The summed E-state index contributed by atoms with van der Waals surface area (Å²) >= 11 is 0. The van der Waals surface area contributed by atoms with Crippen molar-refractivity contribution >= 4 is 35.3 Å². The van der Waals surface area contributed by atoms with Crippen molar-refractivity contribution in [3.05, 3.63) is 146 Å². The highest BCUT2D eigenvalue weighted by atomic mass is 16.7. The Kier molecular flexibility index (Phi) is 11.0. The maximum absolute atomic E-state index is 13.5. The van der Waals surface area contributed by atoms with E-state index in [9.17, 15) is 39.4 Å². The second kappa shape index (κ2) is 15.7. The van der Waals surface area contributed by atoms with E-state index in [0.29, 0.717) is 12.1 Å². The topological polar surface area (TPSA) is 210 Å². The van der Waals surface area contributed by atoms with Crippen LogP contribution in [0.1, 0.15) is 48.4 Å². The van der Waals surface area contributed by atoms with Crippen LogP contribution in [0.4, 0.5) is 11.4 Å². The molecular formula is C35H28N2O14. The van der Waals surface area contributed by atoms with Gasteiger partial charge in [0, 0.05) is 6.07 Å². The van der Waals surface area contributed by atoms with E-state index in [1.807, 2.05) is 0 Å². The van der Waals surface area contributed by atoms with Crippen molar-refractivity contribution in [2.75, 3.05) is 7.11 Å². The van der Waals surface area contributed by atoms with Crippen LogP contribution in [-0.4, -0.2) is 71.5 Å². The number of methoxy groups -OCH3 is 1. The number of non-ortho nitro benzene ring substituents is 1. The molecule has 1 fully saturated rings. The average Bonchev–Trinajstić information content (AvgIpc) is 3.14. The first kappa shape index (κ1) is 35.6. The van der Waals surface area contributed by atoms with E-state index in [4.69, 9.17) is 28.4 Å². The van der Waals surface area contributed by atoms with E-state index in [2.05, 4.69) is 0 Å². The van der Waals surface area contributed by atoms with E-state index in [1.54, 1.807) is 54.6 Å². The highest BCUT2D eigenvalue weighted by molar-refractivity contribution is 5.95. The van der Waals surface area contributed by atoms with Crippen LogP contribution >= 0.6 is 0 Å². The highest BCUT2D eigenvalue weighted by Crippen LogP contribution is 2.39. The summed E-state index contributed by atoms with van der Waals surface area (Å²) in [4.78, 5) is 74.9. The molecule has 16 nitrogen and oxygen atoms in total. The Bertz CT molecular complexity index is 1940. The summed E-state index contributed by atoms with van der Waals surface area (Å²) in [6.07, 6.45) is -8.19. The summed E-state index contributed by atoms with van der Waals surface area (Å²) in [5.74, 6) is -4.88.